The van der Waals surface area contributed by atoms with Crippen molar-refractivity contribution in [2.24, 2.45) is 0 Å². The van der Waals surface area contributed by atoms with Gasteiger partial charge in [-0.15, -0.1) is 0 Å². The van der Waals surface area contributed by atoms with E-state index in [-0.39, 0.29) is 5.82 Å². The lowest BCUT2D eigenvalue weighted by atomic mass is 10.1. The van der Waals surface area contributed by atoms with E-state index < -0.39 is 6.10 Å². The zero-order valence-electron chi connectivity index (χ0n) is 9.16. The molecule has 0 aliphatic rings. The van der Waals surface area contributed by atoms with Crippen molar-refractivity contribution in [2.45, 2.75) is 26.4 Å². The van der Waals surface area contributed by atoms with Crippen LogP contribution in [0.15, 0.2) is 18.2 Å². The lowest BCUT2D eigenvalue weighted by Crippen LogP contribution is -2.04. The normalized spacial score (nSPS) is 12.8. The Labute approximate surface area is 94.7 Å². The maximum atomic E-state index is 13.4. The van der Waals surface area contributed by atoms with Crippen LogP contribution < -0.4 is 0 Å². The highest BCUT2D eigenvalue weighted by Gasteiger charge is 2.12. The summed E-state index contributed by atoms with van der Waals surface area (Å²) in [6.07, 6.45) is 0.384. The van der Waals surface area contributed by atoms with E-state index in [4.69, 9.17) is 0 Å². The predicted molar refractivity (Wildman–Crippen MR) is 63.7 cm³/mol. The third-order valence-electron chi connectivity index (χ3n) is 2.13. The quantitative estimate of drug-likeness (QED) is 0.780. The van der Waals surface area contributed by atoms with Gasteiger partial charge in [0, 0.05) is 11.3 Å². The van der Waals surface area contributed by atoms with Gasteiger partial charge in [0.15, 0.2) is 0 Å². The molecule has 84 valence electrons. The number of rotatable bonds is 5. The van der Waals surface area contributed by atoms with Gasteiger partial charge in [-0.1, -0.05) is 24.6 Å². The van der Waals surface area contributed by atoms with Crippen molar-refractivity contribution in [2.75, 3.05) is 11.5 Å². The Morgan fingerprint density at radius 2 is 2.20 bits per heavy atom. The van der Waals surface area contributed by atoms with Crippen LogP contribution in [0, 0.1) is 12.7 Å². The Balaban J connectivity index is 2.64. The molecule has 1 rings (SSSR count). The molecule has 0 heterocycles. The summed E-state index contributed by atoms with van der Waals surface area (Å²) < 4.78 is 13.4. The fourth-order valence-corrected chi connectivity index (χ4v) is 2.21. The molecule has 0 aromatic heterocycles. The second-order valence-corrected chi connectivity index (χ2v) is 4.77. The number of aliphatic hydroxyl groups is 1. The van der Waals surface area contributed by atoms with Crippen molar-refractivity contribution in [3.63, 3.8) is 0 Å². The first-order valence-electron chi connectivity index (χ1n) is 5.17. The number of aliphatic hydroxyl groups excluding tert-OH is 1. The molecule has 1 N–H and O–H groups in total. The van der Waals surface area contributed by atoms with Crippen LogP contribution in [-0.2, 0) is 0 Å². The van der Waals surface area contributed by atoms with Crippen LogP contribution in [0.4, 0.5) is 4.39 Å². The highest BCUT2D eigenvalue weighted by atomic mass is 32.2. The Kier molecular flexibility index (Phi) is 5.12. The van der Waals surface area contributed by atoms with Crippen LogP contribution in [0.3, 0.4) is 0 Å². The molecule has 1 unspecified atom stereocenters. The van der Waals surface area contributed by atoms with Crippen molar-refractivity contribution in [1.82, 2.24) is 0 Å². The Morgan fingerprint density at radius 3 is 2.87 bits per heavy atom. The summed E-state index contributed by atoms with van der Waals surface area (Å²) in [5.41, 5.74) is 1.39. The van der Waals surface area contributed by atoms with Gasteiger partial charge in [0.05, 0.1) is 6.10 Å². The fraction of sp³-hybridized carbons (Fsp3) is 0.500. The molecule has 3 heteroatoms. The first-order valence-corrected chi connectivity index (χ1v) is 6.32. The molecule has 1 nitrogen and oxygen atoms in total. The molecule has 1 aromatic rings. The van der Waals surface area contributed by atoms with Gasteiger partial charge < -0.3 is 5.11 Å². The highest BCUT2D eigenvalue weighted by molar-refractivity contribution is 7.99. The summed E-state index contributed by atoms with van der Waals surface area (Å²) in [4.78, 5) is 0. The number of aryl methyl sites for hydroxylation is 1. The second-order valence-electron chi connectivity index (χ2n) is 3.62. The molecule has 1 aromatic carbocycles. The Hall–Kier alpha value is -0.540. The number of benzene rings is 1. The molecular weight excluding hydrogens is 211 g/mol. The van der Waals surface area contributed by atoms with Crippen LogP contribution in [-0.4, -0.2) is 16.6 Å². The van der Waals surface area contributed by atoms with E-state index >= 15 is 0 Å². The van der Waals surface area contributed by atoms with Crippen molar-refractivity contribution >= 4 is 11.8 Å². The lowest BCUT2D eigenvalue weighted by Gasteiger charge is -2.12. The van der Waals surface area contributed by atoms with Crippen molar-refractivity contribution in [3.8, 4) is 0 Å². The van der Waals surface area contributed by atoms with E-state index in [1.54, 1.807) is 23.9 Å². The molecule has 0 radical (unpaired) electrons. The van der Waals surface area contributed by atoms with Gasteiger partial charge >= 0.3 is 0 Å². The number of hydrogen-bond donors (Lipinski definition) is 1. The molecular formula is C12H17FOS. The van der Waals surface area contributed by atoms with Gasteiger partial charge in [0.1, 0.15) is 5.82 Å². The van der Waals surface area contributed by atoms with Gasteiger partial charge in [-0.3, -0.25) is 0 Å². The number of thioether (sulfide) groups is 1. The van der Waals surface area contributed by atoms with E-state index in [0.717, 1.165) is 17.7 Å². The Morgan fingerprint density at radius 1 is 1.47 bits per heavy atom. The number of halogens is 1. The maximum Gasteiger partial charge on any atom is 0.129 e. The second kappa shape index (κ2) is 6.13. The van der Waals surface area contributed by atoms with E-state index in [9.17, 15) is 9.50 Å². The third-order valence-corrected chi connectivity index (χ3v) is 3.38. The Bertz CT molecular complexity index is 314. The molecule has 0 bridgehead atoms. The third kappa shape index (κ3) is 3.84. The molecule has 15 heavy (non-hydrogen) atoms. The van der Waals surface area contributed by atoms with E-state index in [1.165, 1.54) is 6.07 Å². The maximum absolute atomic E-state index is 13.4. The lowest BCUT2D eigenvalue weighted by molar-refractivity contribution is 0.199. The minimum atomic E-state index is -0.693. The van der Waals surface area contributed by atoms with Crippen LogP contribution >= 0.6 is 11.8 Å². The van der Waals surface area contributed by atoms with Gasteiger partial charge in [0.25, 0.3) is 0 Å². The van der Waals surface area contributed by atoms with Gasteiger partial charge in [0.2, 0.25) is 0 Å². The van der Waals surface area contributed by atoms with E-state index in [0.29, 0.717) is 11.3 Å². The molecule has 0 spiro atoms. The molecule has 0 amide bonds. The SMILES string of the molecule is CCCSCC(O)c1cc(C)ccc1F. The summed E-state index contributed by atoms with van der Waals surface area (Å²) in [7, 11) is 0. The van der Waals surface area contributed by atoms with E-state index in [2.05, 4.69) is 6.92 Å². The van der Waals surface area contributed by atoms with Gasteiger partial charge in [-0.2, -0.15) is 11.8 Å². The minimum absolute atomic E-state index is 0.315. The summed E-state index contributed by atoms with van der Waals surface area (Å²) in [6, 6.07) is 4.84. The zero-order chi connectivity index (χ0) is 11.3. The summed E-state index contributed by atoms with van der Waals surface area (Å²) in [6.45, 7) is 3.99. The van der Waals surface area contributed by atoms with Crippen molar-refractivity contribution < 1.29 is 9.50 Å². The molecule has 0 saturated carbocycles. The monoisotopic (exact) mass is 228 g/mol. The standard InChI is InChI=1S/C12H17FOS/c1-3-6-15-8-12(14)10-7-9(2)4-5-11(10)13/h4-5,7,12,14H,3,6,8H2,1-2H3. The summed E-state index contributed by atoms with van der Waals surface area (Å²) in [5.74, 6) is 1.25. The fourth-order valence-electron chi connectivity index (χ4n) is 1.35. The topological polar surface area (TPSA) is 20.2 Å². The largest absolute Gasteiger partial charge is 0.387 e. The smallest absolute Gasteiger partial charge is 0.129 e. The van der Waals surface area contributed by atoms with Crippen molar-refractivity contribution in [1.29, 1.82) is 0 Å². The van der Waals surface area contributed by atoms with Crippen LogP contribution in [0.1, 0.15) is 30.6 Å². The first kappa shape index (κ1) is 12.5. The van der Waals surface area contributed by atoms with Gasteiger partial charge in [-0.25, -0.2) is 4.39 Å². The van der Waals surface area contributed by atoms with Crippen LogP contribution in [0.5, 0.6) is 0 Å². The minimum Gasteiger partial charge on any atom is -0.387 e. The first-order chi connectivity index (χ1) is 7.15. The molecule has 0 aliphatic heterocycles. The van der Waals surface area contributed by atoms with Crippen LogP contribution in [0.2, 0.25) is 0 Å². The molecule has 0 fully saturated rings. The molecule has 1 atom stereocenters. The number of hydrogen-bond acceptors (Lipinski definition) is 2. The van der Waals surface area contributed by atoms with Gasteiger partial charge in [-0.05, 0) is 25.2 Å². The summed E-state index contributed by atoms with van der Waals surface area (Å²) >= 11 is 1.65. The average Bonchev–Trinajstić information content (AvgIpc) is 2.22. The molecule has 0 aliphatic carbocycles. The summed E-state index contributed by atoms with van der Waals surface area (Å²) in [5, 5.41) is 9.79. The molecule has 0 saturated heterocycles. The predicted octanol–water partition coefficient (Wildman–Crippen LogP) is 3.31. The highest BCUT2D eigenvalue weighted by Crippen LogP contribution is 2.22. The zero-order valence-corrected chi connectivity index (χ0v) is 9.98. The van der Waals surface area contributed by atoms with Crippen molar-refractivity contribution in [3.05, 3.63) is 35.1 Å². The average molecular weight is 228 g/mol. The van der Waals surface area contributed by atoms with E-state index in [1.807, 2.05) is 6.92 Å². The van der Waals surface area contributed by atoms with Crippen LogP contribution in [0.25, 0.3) is 0 Å².